The van der Waals surface area contributed by atoms with Gasteiger partial charge in [0.25, 0.3) is 5.91 Å². The van der Waals surface area contributed by atoms with Crippen LogP contribution < -0.4 is 0 Å². The number of nitrogens with zero attached hydrogens (tertiary/aromatic N) is 3. The minimum Gasteiger partial charge on any atom is -0.467 e. The fourth-order valence-electron chi connectivity index (χ4n) is 3.20. The highest BCUT2D eigenvalue weighted by atomic mass is 19.1. The van der Waals surface area contributed by atoms with Crippen LogP contribution in [0.4, 0.5) is 4.39 Å². The predicted octanol–water partition coefficient (Wildman–Crippen LogP) is 3.84. The Morgan fingerprint density at radius 2 is 1.83 bits per heavy atom. The number of amides is 2. The molecule has 3 aromatic rings. The van der Waals surface area contributed by atoms with Gasteiger partial charge in [0.2, 0.25) is 5.91 Å². The van der Waals surface area contributed by atoms with E-state index >= 15 is 0 Å². The molecule has 0 saturated heterocycles. The maximum Gasteiger partial charge on any atom is 0.257 e. The molecular weight excluding hydrogens is 385 g/mol. The van der Waals surface area contributed by atoms with E-state index in [1.807, 2.05) is 29.9 Å². The Hall–Kier alpha value is -3.35. The lowest BCUT2D eigenvalue weighted by molar-refractivity contribution is -0.133. The normalized spacial score (nSPS) is 11.0. The van der Waals surface area contributed by atoms with Crippen molar-refractivity contribution in [1.29, 1.82) is 0 Å². The molecule has 1 aromatic carbocycles. The van der Waals surface area contributed by atoms with Crippen molar-refractivity contribution in [2.75, 3.05) is 6.54 Å². The Kier molecular flexibility index (Phi) is 6.72. The maximum absolute atomic E-state index is 14.2. The number of hydrogen-bond acceptors (Lipinski definition) is 3. The van der Waals surface area contributed by atoms with E-state index in [0.717, 1.165) is 5.69 Å². The number of furan rings is 1. The van der Waals surface area contributed by atoms with Crippen LogP contribution in [0.15, 0.2) is 65.4 Å². The second-order valence-corrected chi connectivity index (χ2v) is 7.45. The average Bonchev–Trinajstić information content (AvgIpc) is 3.37. The number of halogens is 1. The van der Waals surface area contributed by atoms with E-state index in [1.165, 1.54) is 23.1 Å². The van der Waals surface area contributed by atoms with Gasteiger partial charge in [-0.05, 0) is 50.2 Å². The third-order valence-corrected chi connectivity index (χ3v) is 4.98. The second-order valence-electron chi connectivity index (χ2n) is 7.45. The highest BCUT2D eigenvalue weighted by Crippen LogP contribution is 2.15. The molecule has 2 amide bonds. The van der Waals surface area contributed by atoms with Gasteiger partial charge in [0.1, 0.15) is 18.1 Å². The Morgan fingerprint density at radius 1 is 1.07 bits per heavy atom. The van der Waals surface area contributed by atoms with E-state index in [2.05, 4.69) is 0 Å². The highest BCUT2D eigenvalue weighted by Gasteiger charge is 2.26. The van der Waals surface area contributed by atoms with Crippen molar-refractivity contribution < 1.29 is 18.4 Å². The van der Waals surface area contributed by atoms with Crippen molar-refractivity contribution in [1.82, 2.24) is 14.4 Å². The maximum atomic E-state index is 14.2. The summed E-state index contributed by atoms with van der Waals surface area (Å²) in [5.74, 6) is -0.704. The summed E-state index contributed by atoms with van der Waals surface area (Å²) in [6, 6.07) is 13.0. The number of rotatable bonds is 8. The van der Waals surface area contributed by atoms with Gasteiger partial charge in [-0.3, -0.25) is 9.59 Å². The first-order valence-corrected chi connectivity index (χ1v) is 9.82. The summed E-state index contributed by atoms with van der Waals surface area (Å²) in [6.07, 6.45) is 3.47. The summed E-state index contributed by atoms with van der Waals surface area (Å²) in [4.78, 5) is 29.2. The van der Waals surface area contributed by atoms with Crippen molar-refractivity contribution in [2.24, 2.45) is 7.05 Å². The molecule has 0 aliphatic rings. The van der Waals surface area contributed by atoms with E-state index in [-0.39, 0.29) is 30.6 Å². The van der Waals surface area contributed by atoms with Crippen LogP contribution >= 0.6 is 0 Å². The smallest absolute Gasteiger partial charge is 0.257 e. The zero-order chi connectivity index (χ0) is 21.7. The van der Waals surface area contributed by atoms with Crippen LogP contribution in [0.2, 0.25) is 0 Å². The zero-order valence-electron chi connectivity index (χ0n) is 17.4. The lowest BCUT2D eigenvalue weighted by Crippen LogP contribution is -2.45. The highest BCUT2D eigenvalue weighted by molar-refractivity contribution is 5.97. The largest absolute Gasteiger partial charge is 0.467 e. The average molecular weight is 411 g/mol. The van der Waals surface area contributed by atoms with Crippen LogP contribution in [-0.2, 0) is 24.9 Å². The molecule has 2 aromatic heterocycles. The molecule has 0 fully saturated rings. The Morgan fingerprint density at radius 3 is 2.43 bits per heavy atom. The first-order chi connectivity index (χ1) is 14.4. The van der Waals surface area contributed by atoms with E-state index < -0.39 is 11.7 Å². The molecule has 0 bridgehead atoms. The van der Waals surface area contributed by atoms with Gasteiger partial charge in [0.05, 0.1) is 24.9 Å². The summed E-state index contributed by atoms with van der Waals surface area (Å²) in [5.41, 5.74) is 0.908. The van der Waals surface area contributed by atoms with Gasteiger partial charge in [-0.15, -0.1) is 0 Å². The van der Waals surface area contributed by atoms with E-state index in [4.69, 9.17) is 4.42 Å². The lowest BCUT2D eigenvalue weighted by atomic mass is 10.1. The Labute approximate surface area is 175 Å². The third-order valence-electron chi connectivity index (χ3n) is 4.98. The van der Waals surface area contributed by atoms with Gasteiger partial charge >= 0.3 is 0 Å². The molecule has 0 aliphatic heterocycles. The van der Waals surface area contributed by atoms with Gasteiger partial charge in [0.15, 0.2) is 0 Å². The quantitative estimate of drug-likeness (QED) is 0.566. The topological polar surface area (TPSA) is 58.7 Å². The summed E-state index contributed by atoms with van der Waals surface area (Å²) in [7, 11) is 1.91. The number of carbonyl (C=O) groups is 2. The molecule has 0 N–H and O–H groups in total. The molecule has 30 heavy (non-hydrogen) atoms. The molecule has 2 heterocycles. The molecule has 0 spiro atoms. The van der Waals surface area contributed by atoms with Crippen molar-refractivity contribution >= 4 is 11.8 Å². The number of hydrogen-bond donors (Lipinski definition) is 0. The van der Waals surface area contributed by atoms with Gasteiger partial charge in [-0.2, -0.15) is 0 Å². The van der Waals surface area contributed by atoms with Crippen molar-refractivity contribution in [3.8, 4) is 0 Å². The predicted molar refractivity (Wildman–Crippen MR) is 111 cm³/mol. The van der Waals surface area contributed by atoms with Crippen LogP contribution in [0.3, 0.4) is 0 Å². The molecule has 0 saturated carbocycles. The molecule has 0 aliphatic carbocycles. The fraction of sp³-hybridized carbons (Fsp3) is 0.304. The molecule has 0 atom stereocenters. The molecule has 6 nitrogen and oxygen atoms in total. The van der Waals surface area contributed by atoms with Gasteiger partial charge in [-0.25, -0.2) is 4.39 Å². The molecule has 158 valence electrons. The van der Waals surface area contributed by atoms with Crippen LogP contribution in [0.5, 0.6) is 0 Å². The van der Waals surface area contributed by atoms with E-state index in [9.17, 15) is 14.0 Å². The molecule has 7 heteroatoms. The van der Waals surface area contributed by atoms with Crippen molar-refractivity contribution in [3.05, 3.63) is 83.8 Å². The second kappa shape index (κ2) is 9.43. The number of benzene rings is 1. The SMILES string of the molecule is CC(C)N(CC(=O)N(Cc1ccco1)Cc1cccn1C)C(=O)c1ccccc1F. The standard InChI is InChI=1S/C23H26FN3O3/c1-17(2)27(23(29)20-10-4-5-11-21(20)24)16-22(28)26(15-19-9-7-13-30-19)14-18-8-6-12-25(18)3/h4-13,17H,14-16H2,1-3H3. The summed E-state index contributed by atoms with van der Waals surface area (Å²) < 4.78 is 21.5. The van der Waals surface area contributed by atoms with Crippen molar-refractivity contribution in [2.45, 2.75) is 33.0 Å². The summed E-state index contributed by atoms with van der Waals surface area (Å²) in [6.45, 7) is 4.09. The van der Waals surface area contributed by atoms with E-state index in [0.29, 0.717) is 12.3 Å². The molecule has 0 radical (unpaired) electrons. The monoisotopic (exact) mass is 411 g/mol. The number of aromatic nitrogens is 1. The number of carbonyl (C=O) groups excluding carboxylic acids is 2. The minimum absolute atomic E-state index is 0.0426. The summed E-state index contributed by atoms with van der Waals surface area (Å²) >= 11 is 0. The summed E-state index contributed by atoms with van der Waals surface area (Å²) in [5, 5.41) is 0. The molecular formula is C23H26FN3O3. The van der Waals surface area contributed by atoms with Gasteiger partial charge in [-0.1, -0.05) is 12.1 Å². The van der Waals surface area contributed by atoms with Gasteiger partial charge in [0, 0.05) is 25.0 Å². The van der Waals surface area contributed by atoms with Crippen LogP contribution in [0.1, 0.15) is 35.7 Å². The third kappa shape index (κ3) is 4.97. The molecule has 3 rings (SSSR count). The lowest BCUT2D eigenvalue weighted by Gasteiger charge is -2.30. The number of aryl methyl sites for hydroxylation is 1. The van der Waals surface area contributed by atoms with Crippen LogP contribution in [0, 0.1) is 5.82 Å². The first kappa shape index (κ1) is 21.4. The Bertz CT molecular complexity index is 995. The zero-order valence-corrected chi connectivity index (χ0v) is 17.4. The fourth-order valence-corrected chi connectivity index (χ4v) is 3.20. The minimum atomic E-state index is -0.600. The van der Waals surface area contributed by atoms with Crippen LogP contribution in [-0.4, -0.2) is 38.8 Å². The van der Waals surface area contributed by atoms with Crippen molar-refractivity contribution in [3.63, 3.8) is 0 Å². The van der Waals surface area contributed by atoms with Gasteiger partial charge < -0.3 is 18.8 Å². The van der Waals surface area contributed by atoms with E-state index in [1.54, 1.807) is 43.2 Å². The first-order valence-electron chi connectivity index (χ1n) is 9.82. The van der Waals surface area contributed by atoms with Crippen LogP contribution in [0.25, 0.3) is 0 Å². The molecule has 0 unspecified atom stereocenters. The Balaban J connectivity index is 1.82.